The van der Waals surface area contributed by atoms with Crippen LogP contribution in [0.2, 0.25) is 0 Å². The van der Waals surface area contributed by atoms with Crippen LogP contribution in [0.1, 0.15) is 41.9 Å². The maximum Gasteiger partial charge on any atom is 0.359 e. The molecule has 2 aliphatic heterocycles. The highest BCUT2D eigenvalue weighted by Gasteiger charge is 2.32. The van der Waals surface area contributed by atoms with Gasteiger partial charge in [0.25, 0.3) is 0 Å². The van der Waals surface area contributed by atoms with Crippen molar-refractivity contribution >= 4 is 17.7 Å². The van der Waals surface area contributed by atoms with Gasteiger partial charge in [0.2, 0.25) is 0 Å². The Morgan fingerprint density at radius 1 is 1.52 bits per heavy atom. The zero-order valence-corrected chi connectivity index (χ0v) is 14.9. The van der Waals surface area contributed by atoms with Crippen LogP contribution in [0.4, 0.5) is 4.39 Å². The molecule has 1 atom stereocenters. The normalized spacial score (nSPS) is 19.2. The summed E-state index contributed by atoms with van der Waals surface area (Å²) >= 11 is 1.54. The van der Waals surface area contributed by atoms with Gasteiger partial charge in [-0.1, -0.05) is 0 Å². The third-order valence-electron chi connectivity index (χ3n) is 4.66. The van der Waals surface area contributed by atoms with E-state index >= 15 is 0 Å². The summed E-state index contributed by atoms with van der Waals surface area (Å²) in [5.41, 5.74) is 3.17. The fourth-order valence-electron chi connectivity index (χ4n) is 3.52. The molecule has 0 spiro atoms. The largest absolute Gasteiger partial charge is 0.461 e. The molecule has 1 unspecified atom stereocenters. The van der Waals surface area contributed by atoms with E-state index in [2.05, 4.69) is 10.4 Å². The van der Waals surface area contributed by atoms with Gasteiger partial charge in [-0.2, -0.15) is 5.10 Å². The SMILES string of the molecule is CCOC(=O)c1nn(C2CCCNC2)c2c1CSc1cc(F)ccc1-2. The highest BCUT2D eigenvalue weighted by molar-refractivity contribution is 7.98. The van der Waals surface area contributed by atoms with Crippen molar-refractivity contribution in [1.82, 2.24) is 15.1 Å². The minimum Gasteiger partial charge on any atom is -0.461 e. The van der Waals surface area contributed by atoms with Gasteiger partial charge < -0.3 is 10.1 Å². The zero-order chi connectivity index (χ0) is 17.4. The van der Waals surface area contributed by atoms with Crippen molar-refractivity contribution in [2.75, 3.05) is 19.7 Å². The fraction of sp³-hybridized carbons (Fsp3) is 0.444. The number of carbonyl (C=O) groups excluding carboxylic acids is 1. The molecule has 25 heavy (non-hydrogen) atoms. The van der Waals surface area contributed by atoms with Crippen molar-refractivity contribution in [2.45, 2.75) is 36.5 Å². The van der Waals surface area contributed by atoms with Gasteiger partial charge in [-0.15, -0.1) is 11.8 Å². The van der Waals surface area contributed by atoms with Crippen molar-refractivity contribution in [2.24, 2.45) is 0 Å². The van der Waals surface area contributed by atoms with E-state index in [1.54, 1.807) is 19.1 Å². The third kappa shape index (κ3) is 2.95. The minimum absolute atomic E-state index is 0.187. The van der Waals surface area contributed by atoms with Crippen molar-refractivity contribution in [3.63, 3.8) is 0 Å². The summed E-state index contributed by atoms with van der Waals surface area (Å²) in [5.74, 6) is -0.0294. The molecular weight excluding hydrogens is 341 g/mol. The second kappa shape index (κ2) is 6.80. The monoisotopic (exact) mass is 361 g/mol. The van der Waals surface area contributed by atoms with Gasteiger partial charge >= 0.3 is 5.97 Å². The van der Waals surface area contributed by atoms with Crippen LogP contribution in [0.25, 0.3) is 11.3 Å². The molecule has 0 aliphatic carbocycles. The van der Waals surface area contributed by atoms with Crippen LogP contribution in [-0.4, -0.2) is 35.4 Å². The Hall–Kier alpha value is -1.86. The number of aromatic nitrogens is 2. The molecule has 0 amide bonds. The molecule has 4 rings (SSSR count). The van der Waals surface area contributed by atoms with E-state index in [1.807, 2.05) is 4.68 Å². The number of rotatable bonds is 3. The second-order valence-electron chi connectivity index (χ2n) is 6.27. The van der Waals surface area contributed by atoms with E-state index in [4.69, 9.17) is 4.74 Å². The molecule has 7 heteroatoms. The third-order valence-corrected chi connectivity index (χ3v) is 5.75. The van der Waals surface area contributed by atoms with E-state index in [1.165, 1.54) is 17.8 Å². The van der Waals surface area contributed by atoms with Crippen LogP contribution >= 0.6 is 11.8 Å². The molecule has 1 N–H and O–H groups in total. The average molecular weight is 361 g/mol. The minimum atomic E-state index is -0.382. The molecule has 0 bridgehead atoms. The summed E-state index contributed by atoms with van der Waals surface area (Å²) in [4.78, 5) is 13.3. The van der Waals surface area contributed by atoms with Gasteiger partial charge in [0.1, 0.15) is 5.82 Å². The summed E-state index contributed by atoms with van der Waals surface area (Å²) in [5, 5.41) is 8.05. The quantitative estimate of drug-likeness (QED) is 0.849. The number of piperidine rings is 1. The predicted octanol–water partition coefficient (Wildman–Crippen LogP) is 3.40. The lowest BCUT2D eigenvalue weighted by atomic mass is 10.0. The molecule has 132 valence electrons. The molecule has 1 saturated heterocycles. The Morgan fingerprint density at radius 3 is 3.16 bits per heavy atom. The summed E-state index contributed by atoms with van der Waals surface area (Å²) in [6.07, 6.45) is 2.08. The number of carbonyl (C=O) groups is 1. The molecule has 1 aromatic heterocycles. The first-order chi connectivity index (χ1) is 12.2. The molecule has 2 aromatic rings. The van der Waals surface area contributed by atoms with E-state index in [-0.39, 0.29) is 17.8 Å². The van der Waals surface area contributed by atoms with E-state index in [0.29, 0.717) is 18.1 Å². The summed E-state index contributed by atoms with van der Waals surface area (Å²) in [7, 11) is 0. The Kier molecular flexibility index (Phi) is 4.52. The number of thioether (sulfide) groups is 1. The molecule has 3 heterocycles. The first-order valence-electron chi connectivity index (χ1n) is 8.61. The van der Waals surface area contributed by atoms with Crippen molar-refractivity contribution in [3.05, 3.63) is 35.3 Å². The number of halogens is 1. The van der Waals surface area contributed by atoms with Crippen LogP contribution in [-0.2, 0) is 10.5 Å². The first-order valence-corrected chi connectivity index (χ1v) is 9.59. The number of nitrogens with zero attached hydrogens (tertiary/aromatic N) is 2. The molecule has 5 nitrogen and oxygen atoms in total. The number of benzene rings is 1. The van der Waals surface area contributed by atoms with Crippen LogP contribution in [0.5, 0.6) is 0 Å². The molecule has 1 fully saturated rings. The van der Waals surface area contributed by atoms with Crippen LogP contribution in [0.15, 0.2) is 23.1 Å². The zero-order valence-electron chi connectivity index (χ0n) is 14.0. The van der Waals surface area contributed by atoms with E-state index in [9.17, 15) is 9.18 Å². The van der Waals surface area contributed by atoms with Crippen molar-refractivity contribution in [3.8, 4) is 11.3 Å². The number of hydrogen-bond donors (Lipinski definition) is 1. The smallest absolute Gasteiger partial charge is 0.359 e. The standard InChI is InChI=1S/C18H20FN3O2S/c1-2-24-18(23)16-14-10-25-15-8-11(19)5-6-13(15)17(14)22(21-16)12-4-3-7-20-9-12/h5-6,8,12,20H,2-4,7,9-10H2,1H3. The molecule has 0 radical (unpaired) electrons. The number of fused-ring (bicyclic) bond motifs is 3. The highest BCUT2D eigenvalue weighted by Crippen LogP contribution is 2.44. The fourth-order valence-corrected chi connectivity index (χ4v) is 4.61. The summed E-state index contributed by atoms with van der Waals surface area (Å²) in [6, 6.07) is 5.00. The van der Waals surface area contributed by atoms with Gasteiger partial charge in [0.15, 0.2) is 5.69 Å². The predicted molar refractivity (Wildman–Crippen MR) is 94.3 cm³/mol. The Bertz CT molecular complexity index is 815. The maximum atomic E-state index is 13.6. The lowest BCUT2D eigenvalue weighted by Gasteiger charge is -2.26. The van der Waals surface area contributed by atoms with Crippen molar-refractivity contribution in [1.29, 1.82) is 0 Å². The van der Waals surface area contributed by atoms with Crippen LogP contribution < -0.4 is 5.32 Å². The topological polar surface area (TPSA) is 56.1 Å². The average Bonchev–Trinajstić information content (AvgIpc) is 3.02. The number of ether oxygens (including phenoxy) is 1. The highest BCUT2D eigenvalue weighted by atomic mass is 32.2. The van der Waals surface area contributed by atoms with Gasteiger partial charge in [0, 0.05) is 28.3 Å². The molecule has 2 aliphatic rings. The maximum absolute atomic E-state index is 13.6. The Labute approximate surface area is 149 Å². The van der Waals surface area contributed by atoms with E-state index < -0.39 is 0 Å². The molecule has 1 aromatic carbocycles. The van der Waals surface area contributed by atoms with Crippen LogP contribution in [0, 0.1) is 5.82 Å². The lowest BCUT2D eigenvalue weighted by molar-refractivity contribution is 0.0517. The summed E-state index contributed by atoms with van der Waals surface area (Å²) in [6.45, 7) is 3.93. The lowest BCUT2D eigenvalue weighted by Crippen LogP contribution is -2.32. The van der Waals surface area contributed by atoms with Gasteiger partial charge in [-0.05, 0) is 44.5 Å². The van der Waals surface area contributed by atoms with Gasteiger partial charge in [-0.25, -0.2) is 9.18 Å². The van der Waals surface area contributed by atoms with Gasteiger partial charge in [0.05, 0.1) is 18.3 Å². The van der Waals surface area contributed by atoms with Crippen molar-refractivity contribution < 1.29 is 13.9 Å². The number of esters is 1. The Morgan fingerprint density at radius 2 is 2.40 bits per heavy atom. The van der Waals surface area contributed by atoms with E-state index in [0.717, 1.165) is 47.6 Å². The number of hydrogen-bond acceptors (Lipinski definition) is 5. The molecule has 0 saturated carbocycles. The second-order valence-corrected chi connectivity index (χ2v) is 7.29. The molecular formula is C18H20FN3O2S. The van der Waals surface area contributed by atoms with Crippen LogP contribution in [0.3, 0.4) is 0 Å². The Balaban J connectivity index is 1.87. The summed E-state index contributed by atoms with van der Waals surface area (Å²) < 4.78 is 20.8. The number of nitrogens with one attached hydrogen (secondary N) is 1. The first kappa shape index (κ1) is 16.6. The van der Waals surface area contributed by atoms with Gasteiger partial charge in [-0.3, -0.25) is 4.68 Å².